The second-order valence-corrected chi connectivity index (χ2v) is 8.28. The Kier molecular flexibility index (Phi) is 7.86. The molecule has 0 unspecified atom stereocenters. The van der Waals surface area contributed by atoms with E-state index in [2.05, 4.69) is 96.8 Å². The highest BCUT2D eigenvalue weighted by Gasteiger charge is 2.36. The highest BCUT2D eigenvalue weighted by molar-refractivity contribution is 6.25. The summed E-state index contributed by atoms with van der Waals surface area (Å²) in [5.74, 6) is 4.96. The molecule has 0 atom stereocenters. The quantitative estimate of drug-likeness (QED) is 0.548. The summed E-state index contributed by atoms with van der Waals surface area (Å²) in [6.07, 6.45) is 0. The van der Waals surface area contributed by atoms with Crippen molar-refractivity contribution in [3.63, 3.8) is 0 Å². The van der Waals surface area contributed by atoms with Gasteiger partial charge in [-0.05, 0) is 67.5 Å². The fourth-order valence-electron chi connectivity index (χ4n) is 5.03. The molecule has 1 aliphatic heterocycles. The van der Waals surface area contributed by atoms with Gasteiger partial charge in [-0.15, -0.1) is 0 Å². The average Bonchev–Trinajstić information content (AvgIpc) is 3.36. The molecule has 6 nitrogen and oxygen atoms in total. The van der Waals surface area contributed by atoms with E-state index in [0.29, 0.717) is 0 Å². The molecule has 2 N–H and O–H groups in total. The number of fused-ring (bicyclic) bond motifs is 2. The summed E-state index contributed by atoms with van der Waals surface area (Å²) in [6, 6.07) is 4.86. The molecule has 2 aromatic rings. The van der Waals surface area contributed by atoms with E-state index in [1.807, 2.05) is 0 Å². The zero-order chi connectivity index (χ0) is 23.4. The van der Waals surface area contributed by atoms with Gasteiger partial charge in [0.1, 0.15) is 11.6 Å². The van der Waals surface area contributed by atoms with Crippen LogP contribution in [0.5, 0.6) is 0 Å². The number of benzene rings is 1. The van der Waals surface area contributed by atoms with Crippen LogP contribution in [0.15, 0.2) is 12.1 Å². The van der Waals surface area contributed by atoms with Crippen LogP contribution >= 0.6 is 0 Å². The summed E-state index contributed by atoms with van der Waals surface area (Å²) < 4.78 is 4.88. The minimum atomic E-state index is 0.989. The van der Waals surface area contributed by atoms with Crippen molar-refractivity contribution >= 4 is 34.1 Å². The zero-order valence-electron chi connectivity index (χ0n) is 21.6. The van der Waals surface area contributed by atoms with Crippen molar-refractivity contribution < 1.29 is 9.15 Å². The first-order chi connectivity index (χ1) is 15.5. The maximum absolute atomic E-state index is 3.83. The monoisotopic (exact) mass is 440 g/mol. The summed E-state index contributed by atoms with van der Waals surface area (Å²) >= 11 is 0. The number of hydrogen-bond acceptors (Lipinski definition) is 2. The van der Waals surface area contributed by atoms with E-state index in [9.17, 15) is 0 Å². The first kappa shape index (κ1) is 24.1. The first-order valence-corrected chi connectivity index (χ1v) is 12.7. The maximum atomic E-state index is 3.83. The van der Waals surface area contributed by atoms with E-state index in [1.165, 1.54) is 45.2 Å². The molecule has 0 amide bonds. The second-order valence-electron chi connectivity index (χ2n) is 8.28. The molecule has 1 aromatic heterocycles. The van der Waals surface area contributed by atoms with Crippen LogP contribution in [-0.4, -0.2) is 78.2 Å². The van der Waals surface area contributed by atoms with Crippen LogP contribution in [0.3, 0.4) is 0 Å². The van der Waals surface area contributed by atoms with E-state index in [-0.39, 0.29) is 0 Å². The van der Waals surface area contributed by atoms with Crippen LogP contribution in [0.2, 0.25) is 0 Å². The van der Waals surface area contributed by atoms with Crippen molar-refractivity contribution in [2.75, 3.05) is 62.2 Å². The summed E-state index contributed by atoms with van der Waals surface area (Å²) in [5, 5.41) is 6.47. The van der Waals surface area contributed by atoms with E-state index in [0.717, 1.165) is 52.4 Å². The number of nitrogens with one attached hydrogen (secondary N) is 2. The number of rotatable bonds is 10. The molecule has 1 aromatic carbocycles. The van der Waals surface area contributed by atoms with Crippen molar-refractivity contribution in [1.29, 1.82) is 0 Å². The molecule has 0 radical (unpaired) electrons. The van der Waals surface area contributed by atoms with Gasteiger partial charge in [-0.3, -0.25) is 9.15 Å². The molecular weight excluding hydrogens is 396 g/mol. The third-order valence-corrected chi connectivity index (χ3v) is 6.97. The predicted octanol–water partition coefficient (Wildman–Crippen LogP) is 4.06. The molecule has 0 saturated carbocycles. The van der Waals surface area contributed by atoms with Gasteiger partial charge >= 0.3 is 0 Å². The van der Waals surface area contributed by atoms with Crippen LogP contribution < -0.4 is 15.1 Å². The molecule has 0 bridgehead atoms. The van der Waals surface area contributed by atoms with Gasteiger partial charge in [0.15, 0.2) is 0 Å². The fourth-order valence-corrected chi connectivity index (χ4v) is 5.03. The number of anilines is 2. The Morgan fingerprint density at radius 3 is 1.22 bits per heavy atom. The second kappa shape index (κ2) is 10.4. The molecule has 0 spiro atoms. The van der Waals surface area contributed by atoms with Crippen molar-refractivity contribution in [2.45, 2.75) is 55.4 Å². The Balaban J connectivity index is 2.42. The molecule has 0 aliphatic carbocycles. The van der Waals surface area contributed by atoms with E-state index < -0.39 is 0 Å². The standard InChI is InChI=1S/C26H42N6/c1-9-29(10-2)23-19-17-21-22(18-20(19)24(27-23)30(11-3)12-4)26(32(15-7)16-8)28-25(21)31(13-5)14-6/h17-18H,9-16H2,1-8H3/p+2. The van der Waals surface area contributed by atoms with Crippen LogP contribution in [0.4, 0.5) is 11.6 Å². The van der Waals surface area contributed by atoms with Gasteiger partial charge in [0.2, 0.25) is 0 Å². The van der Waals surface area contributed by atoms with Gasteiger partial charge in [-0.1, -0.05) is 0 Å². The lowest BCUT2D eigenvalue weighted by Crippen LogP contribution is -2.37. The number of amidine groups is 2. The third kappa shape index (κ3) is 4.00. The van der Waals surface area contributed by atoms with Gasteiger partial charge < -0.3 is 14.8 Å². The van der Waals surface area contributed by atoms with Gasteiger partial charge in [-0.2, -0.15) is 0 Å². The molecule has 1 aliphatic rings. The summed E-state index contributed by atoms with van der Waals surface area (Å²) in [6.45, 7) is 25.8. The van der Waals surface area contributed by atoms with Crippen molar-refractivity contribution in [3.8, 4) is 0 Å². The van der Waals surface area contributed by atoms with Crippen LogP contribution in [0, 0.1) is 0 Å². The lowest BCUT2D eigenvalue weighted by atomic mass is 10.0. The van der Waals surface area contributed by atoms with Crippen molar-refractivity contribution in [3.05, 3.63) is 23.3 Å². The first-order valence-electron chi connectivity index (χ1n) is 12.7. The number of H-pyrrole nitrogens is 1. The number of aromatic nitrogens is 1. The van der Waals surface area contributed by atoms with Gasteiger partial charge in [0, 0.05) is 37.0 Å². The minimum Gasteiger partial charge on any atom is -0.358 e. The van der Waals surface area contributed by atoms with Gasteiger partial charge in [0.25, 0.3) is 11.7 Å². The Hall–Kier alpha value is -2.50. The molecule has 0 fully saturated rings. The maximum Gasteiger partial charge on any atom is 0.285 e. The smallest absolute Gasteiger partial charge is 0.285 e. The average molecular weight is 441 g/mol. The molecule has 6 heteroatoms. The topological polar surface area (TPSA) is 40.3 Å². The number of aromatic amines is 1. The van der Waals surface area contributed by atoms with Crippen LogP contribution in [-0.2, 0) is 0 Å². The Labute approximate surface area is 194 Å². The highest BCUT2D eigenvalue weighted by atomic mass is 15.2. The summed E-state index contributed by atoms with van der Waals surface area (Å²) in [5.41, 5.74) is 2.64. The molecular formula is C26H44N6+2. The van der Waals surface area contributed by atoms with E-state index in [4.69, 9.17) is 0 Å². The summed E-state index contributed by atoms with van der Waals surface area (Å²) in [4.78, 5) is 8.71. The molecule has 3 rings (SSSR count). The number of nitrogens with zero attached hydrogens (tertiary/aromatic N) is 4. The lowest BCUT2D eigenvalue weighted by molar-refractivity contribution is -0.526. The molecule has 176 valence electrons. The van der Waals surface area contributed by atoms with Gasteiger partial charge in [0.05, 0.1) is 37.3 Å². The summed E-state index contributed by atoms with van der Waals surface area (Å²) in [7, 11) is 0. The normalized spacial score (nSPS) is 12.9. The predicted molar refractivity (Wildman–Crippen MR) is 139 cm³/mol. The SMILES string of the molecule is CCN(CC)c1[nH]c(N(CC)CC)c2cc3c(cc12)C(=[N+](CC)CC)NC3=[N+](CC)CC. The lowest BCUT2D eigenvalue weighted by Gasteiger charge is -2.21. The van der Waals surface area contributed by atoms with E-state index in [1.54, 1.807) is 0 Å². The highest BCUT2D eigenvalue weighted by Crippen LogP contribution is 2.38. The Bertz CT molecular complexity index is 915. The minimum absolute atomic E-state index is 0.989. The van der Waals surface area contributed by atoms with Crippen molar-refractivity contribution in [2.24, 2.45) is 0 Å². The largest absolute Gasteiger partial charge is 0.358 e. The van der Waals surface area contributed by atoms with E-state index >= 15 is 0 Å². The van der Waals surface area contributed by atoms with Crippen molar-refractivity contribution in [1.82, 2.24) is 10.3 Å². The van der Waals surface area contributed by atoms with Crippen LogP contribution in [0.1, 0.15) is 66.5 Å². The fraction of sp³-hybridized carbons (Fsp3) is 0.615. The third-order valence-electron chi connectivity index (χ3n) is 6.97. The molecule has 0 saturated heterocycles. The molecule has 32 heavy (non-hydrogen) atoms. The Morgan fingerprint density at radius 1 is 0.594 bits per heavy atom. The zero-order valence-corrected chi connectivity index (χ0v) is 21.6. The van der Waals surface area contributed by atoms with Crippen LogP contribution in [0.25, 0.3) is 10.8 Å². The molecule has 2 heterocycles. The number of hydrogen-bond donors (Lipinski definition) is 2. The van der Waals surface area contributed by atoms with Gasteiger partial charge in [-0.25, -0.2) is 5.32 Å². The Morgan fingerprint density at radius 2 is 0.938 bits per heavy atom.